The van der Waals surface area contributed by atoms with E-state index in [0.29, 0.717) is 5.92 Å². The Bertz CT molecular complexity index is 132. The maximum absolute atomic E-state index is 10.7. The average Bonchev–Trinajstić information content (AvgIpc) is 2.02. The number of ether oxygens (including phenoxy) is 1. The third-order valence-electron chi connectivity index (χ3n) is 2.15. The molecule has 0 spiro atoms. The van der Waals surface area contributed by atoms with Gasteiger partial charge in [0.1, 0.15) is 6.10 Å². The van der Waals surface area contributed by atoms with Gasteiger partial charge >= 0.3 is 5.97 Å². The third kappa shape index (κ3) is 5.16. The summed E-state index contributed by atoms with van der Waals surface area (Å²) in [5.74, 6) is 0.486. The molecular formula is C10H20O2. The molecule has 0 aliphatic carbocycles. The molecule has 2 nitrogen and oxygen atoms in total. The summed E-state index contributed by atoms with van der Waals surface area (Å²) in [5.41, 5.74) is 0. The van der Waals surface area contributed by atoms with Crippen LogP contribution in [0.5, 0.6) is 0 Å². The van der Waals surface area contributed by atoms with Gasteiger partial charge in [0, 0.05) is 6.92 Å². The Morgan fingerprint density at radius 1 is 1.33 bits per heavy atom. The molecule has 0 aliphatic heterocycles. The van der Waals surface area contributed by atoms with Crippen LogP contribution in [-0.4, -0.2) is 12.1 Å². The first kappa shape index (κ1) is 11.5. The van der Waals surface area contributed by atoms with Gasteiger partial charge in [-0.3, -0.25) is 4.79 Å². The van der Waals surface area contributed by atoms with Crippen molar-refractivity contribution in [1.82, 2.24) is 0 Å². The van der Waals surface area contributed by atoms with Gasteiger partial charge < -0.3 is 4.74 Å². The van der Waals surface area contributed by atoms with E-state index in [-0.39, 0.29) is 12.1 Å². The Balaban J connectivity index is 3.74. The van der Waals surface area contributed by atoms with Crippen molar-refractivity contribution in [1.29, 1.82) is 0 Å². The van der Waals surface area contributed by atoms with Crippen molar-refractivity contribution in [2.75, 3.05) is 0 Å². The minimum absolute atomic E-state index is 0.123. The van der Waals surface area contributed by atoms with Crippen molar-refractivity contribution in [2.45, 2.75) is 53.1 Å². The molecule has 0 saturated heterocycles. The fourth-order valence-corrected chi connectivity index (χ4v) is 1.15. The van der Waals surface area contributed by atoms with E-state index in [1.54, 1.807) is 0 Å². The van der Waals surface area contributed by atoms with Gasteiger partial charge in [-0.15, -0.1) is 0 Å². The van der Waals surface area contributed by atoms with Gasteiger partial charge in [0.25, 0.3) is 0 Å². The van der Waals surface area contributed by atoms with Crippen LogP contribution in [0.3, 0.4) is 0 Å². The SMILES string of the molecule is CC[C@@H](C)C[C@@H](CC)OC(C)=O. The molecule has 0 aromatic carbocycles. The predicted molar refractivity (Wildman–Crippen MR) is 49.9 cm³/mol. The Morgan fingerprint density at radius 2 is 1.92 bits per heavy atom. The third-order valence-corrected chi connectivity index (χ3v) is 2.15. The summed E-state index contributed by atoms with van der Waals surface area (Å²) >= 11 is 0. The van der Waals surface area contributed by atoms with E-state index in [0.717, 1.165) is 19.3 Å². The summed E-state index contributed by atoms with van der Waals surface area (Å²) in [6.07, 6.45) is 3.19. The molecule has 0 heterocycles. The zero-order valence-corrected chi connectivity index (χ0v) is 8.59. The van der Waals surface area contributed by atoms with Crippen LogP contribution >= 0.6 is 0 Å². The highest BCUT2D eigenvalue weighted by Crippen LogP contribution is 2.14. The second-order valence-corrected chi connectivity index (χ2v) is 3.39. The largest absolute Gasteiger partial charge is 0.463 e. The van der Waals surface area contributed by atoms with Crippen molar-refractivity contribution in [2.24, 2.45) is 5.92 Å². The smallest absolute Gasteiger partial charge is 0.302 e. The maximum atomic E-state index is 10.7. The van der Waals surface area contributed by atoms with E-state index in [1.165, 1.54) is 6.92 Å². The Morgan fingerprint density at radius 3 is 2.25 bits per heavy atom. The number of rotatable bonds is 5. The molecule has 2 heteroatoms. The van der Waals surface area contributed by atoms with Gasteiger partial charge in [-0.05, 0) is 18.8 Å². The highest BCUT2D eigenvalue weighted by molar-refractivity contribution is 5.66. The van der Waals surface area contributed by atoms with E-state index < -0.39 is 0 Å². The fourth-order valence-electron chi connectivity index (χ4n) is 1.15. The second-order valence-electron chi connectivity index (χ2n) is 3.39. The van der Waals surface area contributed by atoms with Crippen LogP contribution in [0.25, 0.3) is 0 Å². The van der Waals surface area contributed by atoms with E-state index in [1.807, 2.05) is 0 Å². The minimum Gasteiger partial charge on any atom is -0.463 e. The molecular weight excluding hydrogens is 152 g/mol. The maximum Gasteiger partial charge on any atom is 0.302 e. The van der Waals surface area contributed by atoms with Crippen LogP contribution < -0.4 is 0 Å². The summed E-state index contributed by atoms with van der Waals surface area (Å²) in [6, 6.07) is 0. The molecule has 0 aliphatic rings. The van der Waals surface area contributed by atoms with Gasteiger partial charge in [-0.2, -0.15) is 0 Å². The first-order chi connectivity index (χ1) is 5.60. The number of carbonyl (C=O) groups is 1. The number of carbonyl (C=O) groups excluding carboxylic acids is 1. The molecule has 0 aromatic heterocycles. The zero-order valence-electron chi connectivity index (χ0n) is 8.59. The number of hydrogen-bond donors (Lipinski definition) is 0. The van der Waals surface area contributed by atoms with Crippen molar-refractivity contribution < 1.29 is 9.53 Å². The standard InChI is InChI=1S/C10H20O2/c1-5-8(3)7-10(6-2)12-9(4)11/h8,10H,5-7H2,1-4H3/t8-,10-/m1/s1. The molecule has 0 aromatic rings. The summed E-state index contributed by atoms with van der Waals surface area (Å²) in [7, 11) is 0. The monoisotopic (exact) mass is 172 g/mol. The summed E-state index contributed by atoms with van der Waals surface area (Å²) < 4.78 is 5.13. The van der Waals surface area contributed by atoms with Gasteiger partial charge in [-0.25, -0.2) is 0 Å². The summed E-state index contributed by atoms with van der Waals surface area (Å²) in [5, 5.41) is 0. The summed E-state index contributed by atoms with van der Waals surface area (Å²) in [4.78, 5) is 10.7. The lowest BCUT2D eigenvalue weighted by atomic mass is 10.00. The van der Waals surface area contributed by atoms with E-state index >= 15 is 0 Å². The molecule has 0 radical (unpaired) electrons. The fraction of sp³-hybridized carbons (Fsp3) is 0.900. The highest BCUT2D eigenvalue weighted by Gasteiger charge is 2.12. The van der Waals surface area contributed by atoms with Crippen LogP contribution in [0.4, 0.5) is 0 Å². The average molecular weight is 172 g/mol. The van der Waals surface area contributed by atoms with Crippen molar-refractivity contribution in [3.05, 3.63) is 0 Å². The topological polar surface area (TPSA) is 26.3 Å². The molecule has 2 atom stereocenters. The molecule has 0 bridgehead atoms. The summed E-state index contributed by atoms with van der Waals surface area (Å²) in [6.45, 7) is 7.87. The van der Waals surface area contributed by atoms with Gasteiger partial charge in [0.15, 0.2) is 0 Å². The van der Waals surface area contributed by atoms with Gasteiger partial charge in [0.05, 0.1) is 0 Å². The first-order valence-corrected chi connectivity index (χ1v) is 4.77. The molecule has 12 heavy (non-hydrogen) atoms. The zero-order chi connectivity index (χ0) is 9.56. The van der Waals surface area contributed by atoms with E-state index in [4.69, 9.17) is 4.74 Å². The van der Waals surface area contributed by atoms with Crippen LogP contribution in [0.1, 0.15) is 47.0 Å². The lowest BCUT2D eigenvalue weighted by Gasteiger charge is -2.18. The van der Waals surface area contributed by atoms with Gasteiger partial charge in [0.2, 0.25) is 0 Å². The first-order valence-electron chi connectivity index (χ1n) is 4.77. The number of hydrogen-bond acceptors (Lipinski definition) is 2. The minimum atomic E-state index is -0.162. The quantitative estimate of drug-likeness (QED) is 0.596. The lowest BCUT2D eigenvalue weighted by molar-refractivity contribution is -0.147. The van der Waals surface area contributed by atoms with Crippen LogP contribution in [0.15, 0.2) is 0 Å². The Hall–Kier alpha value is -0.530. The van der Waals surface area contributed by atoms with E-state index in [2.05, 4.69) is 20.8 Å². The number of esters is 1. The molecule has 0 N–H and O–H groups in total. The van der Waals surface area contributed by atoms with E-state index in [9.17, 15) is 4.79 Å². The van der Waals surface area contributed by atoms with Crippen LogP contribution in [0.2, 0.25) is 0 Å². The molecule has 0 fully saturated rings. The Kier molecular flexibility index (Phi) is 5.77. The Labute approximate surface area is 75.3 Å². The normalized spacial score (nSPS) is 15.3. The second kappa shape index (κ2) is 6.04. The predicted octanol–water partition coefficient (Wildman–Crippen LogP) is 2.76. The van der Waals surface area contributed by atoms with Crippen LogP contribution in [0, 0.1) is 5.92 Å². The van der Waals surface area contributed by atoms with Crippen molar-refractivity contribution in [3.63, 3.8) is 0 Å². The molecule has 72 valence electrons. The lowest BCUT2D eigenvalue weighted by Crippen LogP contribution is -2.18. The van der Waals surface area contributed by atoms with Crippen molar-refractivity contribution in [3.8, 4) is 0 Å². The van der Waals surface area contributed by atoms with Crippen LogP contribution in [-0.2, 0) is 9.53 Å². The van der Waals surface area contributed by atoms with Gasteiger partial charge in [-0.1, -0.05) is 27.2 Å². The molecule has 0 amide bonds. The van der Waals surface area contributed by atoms with Crippen molar-refractivity contribution >= 4 is 5.97 Å². The molecule has 0 unspecified atom stereocenters. The molecule has 0 rings (SSSR count). The highest BCUT2D eigenvalue weighted by atomic mass is 16.5. The molecule has 0 saturated carbocycles.